The van der Waals surface area contributed by atoms with Crippen molar-refractivity contribution < 1.29 is 38.9 Å². The summed E-state index contributed by atoms with van der Waals surface area (Å²) in [4.78, 5) is 45.6. The minimum absolute atomic E-state index is 0.214. The van der Waals surface area contributed by atoms with E-state index < -0.39 is 47.4 Å². The molecule has 4 N–H and O–H groups in total. The second-order valence-corrected chi connectivity index (χ2v) is 13.2. The summed E-state index contributed by atoms with van der Waals surface area (Å²) in [6.45, 7) is 10.3. The largest absolute Gasteiger partial charge is 0.480 e. The molecule has 0 saturated heterocycles. The van der Waals surface area contributed by atoms with E-state index in [1.807, 2.05) is 48.5 Å². The van der Waals surface area contributed by atoms with Gasteiger partial charge in [0.25, 0.3) is 0 Å². The number of hydrogen-bond donors (Lipinski definition) is 4. The van der Waals surface area contributed by atoms with Gasteiger partial charge in [-0.15, -0.1) is 0 Å². The lowest BCUT2D eigenvalue weighted by molar-refractivity contribution is -0.140. The molecule has 2 unspecified atom stereocenters. The molecule has 0 saturated carbocycles. The van der Waals surface area contributed by atoms with Crippen LogP contribution in [0.3, 0.4) is 0 Å². The van der Waals surface area contributed by atoms with Gasteiger partial charge < -0.3 is 30.3 Å². The van der Waals surface area contributed by atoms with Crippen LogP contribution in [0, 0.1) is 7.14 Å². The molecule has 0 radical (unpaired) electrons. The van der Waals surface area contributed by atoms with Gasteiger partial charge >= 0.3 is 24.1 Å². The van der Waals surface area contributed by atoms with Gasteiger partial charge in [0, 0.05) is 20.0 Å². The number of carboxylic acids is 2. The minimum Gasteiger partial charge on any atom is -0.480 e. The first-order chi connectivity index (χ1) is 18.3. The second-order valence-electron chi connectivity index (χ2n) is 10.7. The fourth-order valence-electron chi connectivity index (χ4n) is 3.01. The number of halogens is 2. The van der Waals surface area contributed by atoms with Crippen LogP contribution in [0.4, 0.5) is 9.59 Å². The fraction of sp³-hybridized carbons (Fsp3) is 0.429. The van der Waals surface area contributed by atoms with E-state index in [1.165, 1.54) is 0 Å². The third kappa shape index (κ3) is 15.8. The van der Waals surface area contributed by atoms with Crippen LogP contribution in [0.1, 0.15) is 52.7 Å². The molecule has 0 aliphatic rings. The molecule has 2 aromatic rings. The van der Waals surface area contributed by atoms with Gasteiger partial charge in [-0.3, -0.25) is 0 Å². The topological polar surface area (TPSA) is 151 Å². The maximum Gasteiger partial charge on any atom is 0.408 e. The predicted octanol–water partition coefficient (Wildman–Crippen LogP) is 5.62. The molecule has 0 bridgehead atoms. The van der Waals surface area contributed by atoms with Crippen molar-refractivity contribution in [1.29, 1.82) is 0 Å². The van der Waals surface area contributed by atoms with E-state index in [9.17, 15) is 19.2 Å². The summed E-state index contributed by atoms with van der Waals surface area (Å²) in [5.74, 6) is -2.18. The van der Waals surface area contributed by atoms with E-state index in [0.717, 1.165) is 18.3 Å². The van der Waals surface area contributed by atoms with E-state index in [-0.39, 0.29) is 12.8 Å². The SMILES string of the molecule is CC(C)(C)OC(=O)NC(Cc1ccc(I)cc1)C(=O)O.CC(C)(C)OC(=O)NC(Cc1ccc(I)cc1)C(=O)O. The summed E-state index contributed by atoms with van der Waals surface area (Å²) >= 11 is 4.34. The number of ether oxygens (including phenoxy) is 2. The van der Waals surface area contributed by atoms with Gasteiger partial charge in [-0.1, -0.05) is 24.3 Å². The van der Waals surface area contributed by atoms with Gasteiger partial charge in [0.1, 0.15) is 23.3 Å². The highest BCUT2D eigenvalue weighted by molar-refractivity contribution is 14.1. The number of carboxylic acid groups (broad SMARTS) is 2. The monoisotopic (exact) mass is 782 g/mol. The Bertz CT molecular complexity index is 1050. The molecule has 2 rings (SSSR count). The molecule has 0 spiro atoms. The third-order valence-corrected chi connectivity index (χ3v) is 6.12. The van der Waals surface area contributed by atoms with Crippen LogP contribution < -0.4 is 10.6 Å². The van der Waals surface area contributed by atoms with Crippen molar-refractivity contribution in [3.05, 3.63) is 66.8 Å². The van der Waals surface area contributed by atoms with Gasteiger partial charge in [0.15, 0.2) is 0 Å². The molecule has 10 nitrogen and oxygen atoms in total. The van der Waals surface area contributed by atoms with Gasteiger partial charge in [-0.25, -0.2) is 19.2 Å². The lowest BCUT2D eigenvalue weighted by Gasteiger charge is -2.22. The number of nitrogens with one attached hydrogen (secondary N) is 2. The molecule has 12 heteroatoms. The Morgan fingerprint density at radius 2 is 0.925 bits per heavy atom. The highest BCUT2D eigenvalue weighted by Gasteiger charge is 2.25. The molecule has 2 aromatic carbocycles. The minimum atomic E-state index is -1.09. The Balaban J connectivity index is 0.000000400. The molecule has 0 aliphatic carbocycles. The number of hydrogen-bond acceptors (Lipinski definition) is 6. The van der Waals surface area contributed by atoms with Crippen LogP contribution in [0.15, 0.2) is 48.5 Å². The molecule has 2 atom stereocenters. The van der Waals surface area contributed by atoms with Crippen molar-refractivity contribution in [1.82, 2.24) is 10.6 Å². The van der Waals surface area contributed by atoms with E-state index in [0.29, 0.717) is 0 Å². The van der Waals surface area contributed by atoms with Crippen LogP contribution in [0.2, 0.25) is 0 Å². The molecule has 0 aromatic heterocycles. The Labute approximate surface area is 261 Å². The number of aliphatic carboxylic acids is 2. The molecular weight excluding hydrogens is 746 g/mol. The Morgan fingerprint density at radius 3 is 1.15 bits per heavy atom. The molecule has 0 heterocycles. The van der Waals surface area contributed by atoms with Crippen molar-refractivity contribution in [3.63, 3.8) is 0 Å². The quantitative estimate of drug-likeness (QED) is 0.252. The molecule has 2 amide bonds. The van der Waals surface area contributed by atoms with E-state index in [1.54, 1.807) is 41.5 Å². The summed E-state index contributed by atoms with van der Waals surface area (Å²) in [5.41, 5.74) is 0.370. The zero-order valence-electron chi connectivity index (χ0n) is 23.3. The summed E-state index contributed by atoms with van der Waals surface area (Å²) in [7, 11) is 0. The molecule has 40 heavy (non-hydrogen) atoms. The van der Waals surface area contributed by atoms with Crippen molar-refractivity contribution in [3.8, 4) is 0 Å². The van der Waals surface area contributed by atoms with Crippen LogP contribution in [-0.4, -0.2) is 57.6 Å². The number of rotatable bonds is 8. The standard InChI is InChI=1S/2C14H18INO4/c2*1-14(2,3)20-13(19)16-11(12(17)18)8-9-4-6-10(15)7-5-9/h2*4-7,11H,8H2,1-3H3,(H,16,19)(H,17,18). The van der Waals surface area contributed by atoms with Gasteiger partial charge in [-0.05, 0) is 122 Å². The average molecular weight is 782 g/mol. The number of carbonyl (C=O) groups is 4. The Kier molecular flexibility index (Phi) is 14.1. The van der Waals surface area contributed by atoms with Crippen molar-refractivity contribution >= 4 is 69.3 Å². The summed E-state index contributed by atoms with van der Waals surface area (Å²) in [6.07, 6.45) is -1.03. The first kappa shape index (κ1) is 35.4. The van der Waals surface area contributed by atoms with Crippen LogP contribution in [0.25, 0.3) is 0 Å². The smallest absolute Gasteiger partial charge is 0.408 e. The molecule has 0 aliphatic heterocycles. The van der Waals surface area contributed by atoms with Gasteiger partial charge in [0.05, 0.1) is 0 Å². The zero-order chi connectivity index (χ0) is 30.7. The third-order valence-electron chi connectivity index (χ3n) is 4.68. The molecule has 0 fully saturated rings. The maximum atomic E-state index is 11.6. The lowest BCUT2D eigenvalue weighted by Crippen LogP contribution is -2.44. The van der Waals surface area contributed by atoms with Crippen molar-refractivity contribution in [2.24, 2.45) is 0 Å². The van der Waals surface area contributed by atoms with Crippen LogP contribution in [-0.2, 0) is 31.9 Å². The lowest BCUT2D eigenvalue weighted by atomic mass is 10.1. The molecular formula is C28H36I2N2O8. The first-order valence-electron chi connectivity index (χ1n) is 12.3. The fourth-order valence-corrected chi connectivity index (χ4v) is 3.73. The predicted molar refractivity (Wildman–Crippen MR) is 167 cm³/mol. The summed E-state index contributed by atoms with van der Waals surface area (Å²) in [6, 6.07) is 12.9. The Hall–Kier alpha value is -2.62. The highest BCUT2D eigenvalue weighted by Crippen LogP contribution is 2.12. The first-order valence-corrected chi connectivity index (χ1v) is 14.4. The average Bonchev–Trinajstić information content (AvgIpc) is 2.79. The summed E-state index contributed by atoms with van der Waals surface area (Å²) < 4.78 is 12.3. The maximum absolute atomic E-state index is 11.6. The van der Waals surface area contributed by atoms with Gasteiger partial charge in [0.2, 0.25) is 0 Å². The number of amides is 2. The van der Waals surface area contributed by atoms with Crippen molar-refractivity contribution in [2.45, 2.75) is 77.7 Å². The number of benzene rings is 2. The summed E-state index contributed by atoms with van der Waals surface area (Å²) in [5, 5.41) is 23.1. The van der Waals surface area contributed by atoms with Crippen LogP contribution in [0.5, 0.6) is 0 Å². The molecule has 220 valence electrons. The number of alkyl carbamates (subject to hydrolysis) is 2. The van der Waals surface area contributed by atoms with E-state index >= 15 is 0 Å². The zero-order valence-corrected chi connectivity index (χ0v) is 27.6. The number of carbonyl (C=O) groups excluding carboxylic acids is 2. The second kappa shape index (κ2) is 16.0. The van der Waals surface area contributed by atoms with Gasteiger partial charge in [-0.2, -0.15) is 0 Å². The normalized spacial score (nSPS) is 12.6. The van der Waals surface area contributed by atoms with E-state index in [2.05, 4.69) is 55.8 Å². The highest BCUT2D eigenvalue weighted by atomic mass is 127. The van der Waals surface area contributed by atoms with E-state index in [4.69, 9.17) is 19.7 Å². The Morgan fingerprint density at radius 1 is 0.650 bits per heavy atom. The van der Waals surface area contributed by atoms with Crippen molar-refractivity contribution in [2.75, 3.05) is 0 Å². The van der Waals surface area contributed by atoms with Crippen LogP contribution >= 0.6 is 45.2 Å².